The van der Waals surface area contributed by atoms with Crippen molar-refractivity contribution in [2.45, 2.75) is 166 Å². The van der Waals surface area contributed by atoms with Crippen LogP contribution in [-0.4, -0.2) is 136 Å². The van der Waals surface area contributed by atoms with Gasteiger partial charge in [-0.2, -0.15) is 0 Å². The van der Waals surface area contributed by atoms with Crippen LogP contribution in [-0.2, 0) is 57.1 Å². The number of aliphatic hydroxyl groups excluding tert-OH is 2. The van der Waals surface area contributed by atoms with E-state index in [1.54, 1.807) is 108 Å². The fourth-order valence-corrected chi connectivity index (χ4v) is 11.7. The number of alkyl carbamates (subject to hydrolysis) is 2. The average molecular weight is 1090 g/mol. The highest BCUT2D eigenvalue weighted by Crippen LogP contribution is 2.65. The predicted molar refractivity (Wildman–Crippen MR) is 277 cm³/mol. The van der Waals surface area contributed by atoms with Crippen molar-refractivity contribution < 1.29 is 86.8 Å². The van der Waals surface area contributed by atoms with Gasteiger partial charge in [-0.1, -0.05) is 92.7 Å². The van der Waals surface area contributed by atoms with E-state index in [0.29, 0.717) is 0 Å². The summed E-state index contributed by atoms with van der Waals surface area (Å²) in [6, 6.07) is 20.7. The van der Waals surface area contributed by atoms with Crippen molar-refractivity contribution in [3.8, 4) is 0 Å². The number of fused-ring (bicyclic) bond motifs is 5. The summed E-state index contributed by atoms with van der Waals surface area (Å²) in [5.41, 5.74) is -9.93. The predicted octanol–water partition coefficient (Wildman–Crippen LogP) is 6.09. The van der Waals surface area contributed by atoms with Crippen LogP contribution in [0.25, 0.3) is 0 Å². The number of ketones is 1. The smallest absolute Gasteiger partial charge is 0.408 e. The number of carbonyl (C=O) groups is 7. The lowest BCUT2D eigenvalue weighted by molar-refractivity contribution is -0.347. The molecule has 1 aliphatic heterocycles. The van der Waals surface area contributed by atoms with Crippen molar-refractivity contribution in [3.63, 3.8) is 0 Å². The molecule has 7 rings (SSSR count). The highest BCUT2D eigenvalue weighted by atomic mass is 16.6. The second-order valence-corrected chi connectivity index (χ2v) is 23.2. The van der Waals surface area contributed by atoms with E-state index in [0.717, 1.165) is 6.92 Å². The van der Waals surface area contributed by atoms with E-state index in [9.17, 15) is 44.1 Å². The zero-order chi connectivity index (χ0) is 57.5. The van der Waals surface area contributed by atoms with Gasteiger partial charge in [0.2, 0.25) is 0 Å². The summed E-state index contributed by atoms with van der Waals surface area (Å²) < 4.78 is 48.6. The first kappa shape index (κ1) is 59.0. The number of Topliss-reactive ketones (excluding diaryl/α,β-unsaturated/α-hetero) is 1. The second kappa shape index (κ2) is 22.2. The first-order chi connectivity index (χ1) is 36.4. The summed E-state index contributed by atoms with van der Waals surface area (Å²) in [4.78, 5) is 101. The zero-order valence-electron chi connectivity index (χ0n) is 46.0. The standard InChI is InChI=1S/C58H72N2O18/c1-31-36(73-49(66)42(62)40(33-22-16-13-17-23-33)59-51(68)77-53(3,4)5)29-58(70)47(75-48(65)35-26-20-15-21-27-35)45-56(11,37(71-12)28-38-57(45,30-72-38)76-32(2)61)46(64)44(39(31)55(58,9)10)74-50(67)43(63)41(34-24-18-14-19-25-34)60-52(69)78-54(6,7)8/h13-27,36-38,40-45,47,62-63,70H,28-30H2,1-12H3,(H,59,68)(H,60,69)/t36-,37-,38+,40-,41-,42+,43+,44+,45-,47-,56+,57-,58+/m0/s1. The highest BCUT2D eigenvalue weighted by molar-refractivity contribution is 5.96. The number of carbonyl (C=O) groups excluding carboxylic acids is 7. The van der Waals surface area contributed by atoms with Crippen molar-refractivity contribution in [2.24, 2.45) is 16.7 Å². The fraction of sp³-hybridized carbons (Fsp3) is 0.534. The van der Waals surface area contributed by atoms with Gasteiger partial charge in [0.25, 0.3) is 0 Å². The Bertz CT molecular complexity index is 2770. The minimum atomic E-state index is -2.54. The van der Waals surface area contributed by atoms with Gasteiger partial charge in [-0.05, 0) is 89.8 Å². The molecule has 3 aromatic rings. The van der Waals surface area contributed by atoms with Crippen LogP contribution in [0.2, 0.25) is 0 Å². The van der Waals surface area contributed by atoms with Gasteiger partial charge < -0.3 is 63.8 Å². The van der Waals surface area contributed by atoms with E-state index in [-0.39, 0.29) is 40.9 Å². The number of hydrogen-bond acceptors (Lipinski definition) is 18. The van der Waals surface area contributed by atoms with Crippen molar-refractivity contribution >= 4 is 41.8 Å². The topological polar surface area (TPSA) is 278 Å². The monoisotopic (exact) mass is 1080 g/mol. The lowest BCUT2D eigenvalue weighted by Gasteiger charge is -2.67. The molecule has 0 aromatic heterocycles. The molecular weight excluding hydrogens is 1010 g/mol. The van der Waals surface area contributed by atoms with Gasteiger partial charge in [-0.25, -0.2) is 24.0 Å². The van der Waals surface area contributed by atoms with Crippen LogP contribution in [0.15, 0.2) is 102 Å². The van der Waals surface area contributed by atoms with Crippen LogP contribution in [0.1, 0.15) is 123 Å². The fourth-order valence-electron chi connectivity index (χ4n) is 11.7. The van der Waals surface area contributed by atoms with E-state index < -0.39 is 142 Å². The molecule has 0 spiro atoms. The molecule has 0 unspecified atom stereocenters. The Hall–Kier alpha value is -6.71. The highest BCUT2D eigenvalue weighted by Gasteiger charge is 2.78. The van der Waals surface area contributed by atoms with E-state index in [1.807, 2.05) is 0 Å². The lowest BCUT2D eigenvalue weighted by Crippen LogP contribution is -2.82. The maximum atomic E-state index is 16.5. The first-order valence-corrected chi connectivity index (χ1v) is 25.8. The second-order valence-electron chi connectivity index (χ2n) is 23.2. The van der Waals surface area contributed by atoms with E-state index in [4.69, 9.17) is 37.9 Å². The largest absolute Gasteiger partial charge is 0.456 e. The van der Waals surface area contributed by atoms with Gasteiger partial charge in [-0.3, -0.25) is 9.59 Å². The summed E-state index contributed by atoms with van der Waals surface area (Å²) >= 11 is 0. The molecule has 0 radical (unpaired) electrons. The number of nitrogens with one attached hydrogen (secondary N) is 2. The third-order valence-corrected chi connectivity index (χ3v) is 15.4. The SMILES string of the molecule is CO[C@H]1C[C@H]2OC[C@@]2(OC(C)=O)[C@H]2[C@H](OC(=O)c3ccccc3)[C@]3(O)C[C@H](OC(=O)[C@H](O)[C@@H](NC(=O)OC(C)(C)C)c4ccccc4)C(C)=C([C@@H](OC(=O)[C@H](O)[C@@H](NC(=O)OC(C)(C)C)c4ccccc4)C(=O)[C@]12C)C3(C)C. The van der Waals surface area contributed by atoms with E-state index >= 15 is 4.79 Å². The third-order valence-electron chi connectivity index (χ3n) is 15.4. The van der Waals surface area contributed by atoms with E-state index in [1.165, 1.54) is 59.1 Å². The van der Waals surface area contributed by atoms with Gasteiger partial charge >= 0.3 is 36.1 Å². The van der Waals surface area contributed by atoms with Crippen LogP contribution in [0.5, 0.6) is 0 Å². The number of ether oxygens (including phenoxy) is 8. The molecule has 3 aromatic carbocycles. The Kier molecular flexibility index (Phi) is 16.8. The molecular formula is C58H72N2O18. The third kappa shape index (κ3) is 11.4. The Morgan fingerprint density at radius 3 is 1.63 bits per heavy atom. The Morgan fingerprint density at radius 1 is 0.718 bits per heavy atom. The molecule has 3 fully saturated rings. The van der Waals surface area contributed by atoms with Gasteiger partial charge in [-0.15, -0.1) is 0 Å². The van der Waals surface area contributed by atoms with Crippen LogP contribution in [0.4, 0.5) is 9.59 Å². The Balaban J connectivity index is 1.44. The molecule has 2 amide bonds. The maximum Gasteiger partial charge on any atom is 0.408 e. The van der Waals surface area contributed by atoms with Crippen LogP contribution in [0, 0.1) is 16.7 Å². The number of benzene rings is 3. The summed E-state index contributed by atoms with van der Waals surface area (Å²) in [7, 11) is 1.32. The van der Waals surface area contributed by atoms with Crippen LogP contribution in [0.3, 0.4) is 0 Å². The first-order valence-electron chi connectivity index (χ1n) is 25.8. The molecule has 4 aliphatic rings. The van der Waals surface area contributed by atoms with Gasteiger partial charge in [0.05, 0.1) is 41.7 Å². The number of methoxy groups -OCH3 is 1. The quantitative estimate of drug-likeness (QED) is 0.0694. The molecule has 20 heteroatoms. The van der Waals surface area contributed by atoms with E-state index in [2.05, 4.69) is 10.6 Å². The summed E-state index contributed by atoms with van der Waals surface area (Å²) in [6.07, 6.45) is -15.1. The normalized spacial score (nSPS) is 28.9. The molecule has 1 heterocycles. The maximum absolute atomic E-state index is 16.5. The zero-order valence-corrected chi connectivity index (χ0v) is 46.0. The molecule has 422 valence electrons. The molecule has 2 bridgehead atoms. The molecule has 1 saturated heterocycles. The van der Waals surface area contributed by atoms with Crippen LogP contribution < -0.4 is 10.6 Å². The molecule has 20 nitrogen and oxygen atoms in total. The number of hydrogen-bond donors (Lipinski definition) is 5. The van der Waals surface area contributed by atoms with Crippen LogP contribution >= 0.6 is 0 Å². The minimum absolute atomic E-state index is 0.0306. The summed E-state index contributed by atoms with van der Waals surface area (Å²) in [6.45, 7) is 16.5. The van der Waals surface area contributed by atoms with Crippen molar-refractivity contribution in [2.75, 3.05) is 13.7 Å². The number of esters is 4. The molecule has 78 heavy (non-hydrogen) atoms. The van der Waals surface area contributed by atoms with Gasteiger partial charge in [0.15, 0.2) is 29.7 Å². The average Bonchev–Trinajstić information content (AvgIpc) is 3.54. The number of aliphatic hydroxyl groups is 3. The van der Waals surface area contributed by atoms with Gasteiger partial charge in [0, 0.05) is 32.3 Å². The minimum Gasteiger partial charge on any atom is -0.456 e. The molecule has 3 aliphatic carbocycles. The Labute approximate surface area is 453 Å². The Morgan fingerprint density at radius 2 is 1.19 bits per heavy atom. The summed E-state index contributed by atoms with van der Waals surface area (Å²) in [5, 5.41) is 43.4. The molecule has 13 atom stereocenters. The van der Waals surface area contributed by atoms with Crippen molar-refractivity contribution in [1.82, 2.24) is 10.6 Å². The summed E-state index contributed by atoms with van der Waals surface area (Å²) in [5.74, 6) is -7.11. The lowest BCUT2D eigenvalue weighted by atomic mass is 9.44. The number of amides is 2. The van der Waals surface area contributed by atoms with Crippen molar-refractivity contribution in [1.29, 1.82) is 0 Å². The van der Waals surface area contributed by atoms with Crippen molar-refractivity contribution in [3.05, 3.63) is 119 Å². The molecule has 2 saturated carbocycles. The molecule has 5 N–H and O–H groups in total. The number of rotatable bonds is 14. The van der Waals surface area contributed by atoms with Gasteiger partial charge in [0.1, 0.15) is 35.1 Å².